The summed E-state index contributed by atoms with van der Waals surface area (Å²) in [5.74, 6) is 0.366. The van der Waals surface area contributed by atoms with Crippen molar-refractivity contribution in [1.82, 2.24) is 9.88 Å². The Morgan fingerprint density at radius 1 is 1.65 bits per heavy atom. The molecule has 5 nitrogen and oxygen atoms in total. The lowest BCUT2D eigenvalue weighted by molar-refractivity contribution is -0.146. The molecule has 2 rings (SSSR count). The molecule has 1 aliphatic rings. The van der Waals surface area contributed by atoms with E-state index in [0.29, 0.717) is 12.4 Å². The number of nitrogens with zero attached hydrogens (tertiary/aromatic N) is 2. The average molecular weight is 235 g/mol. The normalized spacial score (nSPS) is 20.4. The van der Waals surface area contributed by atoms with Gasteiger partial charge >= 0.3 is 5.97 Å². The molecule has 1 atom stereocenters. The van der Waals surface area contributed by atoms with Crippen LogP contribution in [0.3, 0.4) is 0 Å². The van der Waals surface area contributed by atoms with Crippen molar-refractivity contribution >= 4 is 11.8 Å². The molecule has 0 unspecified atom stereocenters. The molecule has 0 radical (unpaired) electrons. The highest BCUT2D eigenvalue weighted by atomic mass is 16.5. The van der Waals surface area contributed by atoms with Crippen molar-refractivity contribution in [3.63, 3.8) is 0 Å². The van der Waals surface area contributed by atoms with Crippen LogP contribution in [0.4, 0.5) is 5.82 Å². The third kappa shape index (κ3) is 2.74. The SMILES string of the molecule is COC(=O)[C@@H]1CCCN1Cc1ccc(N)nc1. The molecule has 0 amide bonds. The van der Waals surface area contributed by atoms with Gasteiger partial charge in [0.2, 0.25) is 0 Å². The number of nitrogens with two attached hydrogens (primary N) is 1. The smallest absolute Gasteiger partial charge is 0.323 e. The first-order valence-corrected chi connectivity index (χ1v) is 5.73. The Kier molecular flexibility index (Phi) is 3.58. The van der Waals surface area contributed by atoms with Crippen molar-refractivity contribution < 1.29 is 9.53 Å². The van der Waals surface area contributed by atoms with E-state index < -0.39 is 0 Å². The number of rotatable bonds is 3. The summed E-state index contributed by atoms with van der Waals surface area (Å²) in [6, 6.07) is 3.60. The summed E-state index contributed by atoms with van der Waals surface area (Å²) in [7, 11) is 1.43. The van der Waals surface area contributed by atoms with Gasteiger partial charge in [-0.05, 0) is 31.0 Å². The molecule has 1 aromatic rings. The number of hydrogen-bond donors (Lipinski definition) is 1. The van der Waals surface area contributed by atoms with Gasteiger partial charge in [-0.3, -0.25) is 9.69 Å². The fourth-order valence-corrected chi connectivity index (χ4v) is 2.18. The van der Waals surface area contributed by atoms with Gasteiger partial charge < -0.3 is 10.5 Å². The van der Waals surface area contributed by atoms with Gasteiger partial charge in [-0.25, -0.2) is 4.98 Å². The Morgan fingerprint density at radius 3 is 3.12 bits per heavy atom. The lowest BCUT2D eigenvalue weighted by Crippen LogP contribution is -2.36. The fraction of sp³-hybridized carbons (Fsp3) is 0.500. The second kappa shape index (κ2) is 5.14. The molecule has 0 bridgehead atoms. The summed E-state index contributed by atoms with van der Waals surface area (Å²) >= 11 is 0. The first-order chi connectivity index (χ1) is 8.20. The second-order valence-corrected chi connectivity index (χ2v) is 4.24. The van der Waals surface area contributed by atoms with Crippen molar-refractivity contribution in [1.29, 1.82) is 0 Å². The summed E-state index contributed by atoms with van der Waals surface area (Å²) < 4.78 is 4.80. The predicted octanol–water partition coefficient (Wildman–Crippen LogP) is 0.801. The maximum atomic E-state index is 11.6. The first-order valence-electron chi connectivity index (χ1n) is 5.73. The number of likely N-dealkylation sites (tertiary alicyclic amines) is 1. The zero-order chi connectivity index (χ0) is 12.3. The highest BCUT2D eigenvalue weighted by Crippen LogP contribution is 2.20. The number of carbonyl (C=O) groups is 1. The summed E-state index contributed by atoms with van der Waals surface area (Å²) in [5.41, 5.74) is 6.60. The average Bonchev–Trinajstić information content (AvgIpc) is 2.79. The van der Waals surface area contributed by atoms with Crippen molar-refractivity contribution in [2.24, 2.45) is 0 Å². The van der Waals surface area contributed by atoms with E-state index in [0.717, 1.165) is 24.9 Å². The van der Waals surface area contributed by atoms with Crippen molar-refractivity contribution in [2.75, 3.05) is 19.4 Å². The number of pyridine rings is 1. The fourth-order valence-electron chi connectivity index (χ4n) is 2.18. The van der Waals surface area contributed by atoms with E-state index in [9.17, 15) is 4.79 Å². The zero-order valence-corrected chi connectivity index (χ0v) is 9.93. The van der Waals surface area contributed by atoms with E-state index in [1.54, 1.807) is 12.3 Å². The molecular formula is C12H17N3O2. The van der Waals surface area contributed by atoms with Gasteiger partial charge in [0.05, 0.1) is 7.11 Å². The van der Waals surface area contributed by atoms with E-state index in [1.165, 1.54) is 7.11 Å². The minimum Gasteiger partial charge on any atom is -0.468 e. The standard InChI is InChI=1S/C12H17N3O2/c1-17-12(16)10-3-2-6-15(10)8-9-4-5-11(13)14-7-9/h4-5,7,10H,2-3,6,8H2,1H3,(H2,13,14)/t10-/m0/s1. The van der Waals surface area contributed by atoms with E-state index in [4.69, 9.17) is 10.5 Å². The Hall–Kier alpha value is -1.62. The van der Waals surface area contributed by atoms with Gasteiger partial charge in [0.25, 0.3) is 0 Å². The number of hydrogen-bond acceptors (Lipinski definition) is 5. The highest BCUT2D eigenvalue weighted by Gasteiger charge is 2.31. The second-order valence-electron chi connectivity index (χ2n) is 4.24. The van der Waals surface area contributed by atoms with Crippen LogP contribution in [0.15, 0.2) is 18.3 Å². The minimum absolute atomic E-state index is 0.113. The number of nitrogen functional groups attached to an aromatic ring is 1. The minimum atomic E-state index is -0.147. The molecule has 0 aromatic carbocycles. The molecule has 1 fully saturated rings. The first kappa shape index (κ1) is 11.9. The van der Waals surface area contributed by atoms with Gasteiger partial charge in [0.15, 0.2) is 0 Å². The van der Waals surface area contributed by atoms with Crippen LogP contribution < -0.4 is 5.73 Å². The third-order valence-electron chi connectivity index (χ3n) is 3.07. The summed E-state index contributed by atoms with van der Waals surface area (Å²) in [4.78, 5) is 17.7. The van der Waals surface area contributed by atoms with Crippen LogP contribution in [0.2, 0.25) is 0 Å². The monoisotopic (exact) mass is 235 g/mol. The number of carbonyl (C=O) groups excluding carboxylic acids is 1. The van der Waals surface area contributed by atoms with Crippen LogP contribution in [0, 0.1) is 0 Å². The number of esters is 1. The Labute approximate surface area is 101 Å². The van der Waals surface area contributed by atoms with Crippen LogP contribution in [0.25, 0.3) is 0 Å². The molecule has 92 valence electrons. The van der Waals surface area contributed by atoms with Gasteiger partial charge in [-0.2, -0.15) is 0 Å². The predicted molar refractivity (Wildman–Crippen MR) is 64.1 cm³/mol. The van der Waals surface area contributed by atoms with Crippen molar-refractivity contribution in [2.45, 2.75) is 25.4 Å². The van der Waals surface area contributed by atoms with Gasteiger partial charge in [0, 0.05) is 12.7 Å². The highest BCUT2D eigenvalue weighted by molar-refractivity contribution is 5.75. The van der Waals surface area contributed by atoms with Crippen LogP contribution in [0.1, 0.15) is 18.4 Å². The molecule has 1 aromatic heterocycles. The van der Waals surface area contributed by atoms with Gasteiger partial charge in [0.1, 0.15) is 11.9 Å². The van der Waals surface area contributed by atoms with Gasteiger partial charge in [-0.1, -0.05) is 6.07 Å². The van der Waals surface area contributed by atoms with Crippen LogP contribution in [0.5, 0.6) is 0 Å². The zero-order valence-electron chi connectivity index (χ0n) is 9.93. The van der Waals surface area contributed by atoms with Crippen LogP contribution in [-0.2, 0) is 16.1 Å². The van der Waals surface area contributed by atoms with Crippen molar-refractivity contribution in [3.8, 4) is 0 Å². The Morgan fingerprint density at radius 2 is 2.47 bits per heavy atom. The lowest BCUT2D eigenvalue weighted by atomic mass is 10.2. The van der Waals surface area contributed by atoms with E-state index >= 15 is 0 Å². The summed E-state index contributed by atoms with van der Waals surface area (Å²) in [6.45, 7) is 1.64. The molecule has 5 heteroatoms. The van der Waals surface area contributed by atoms with Crippen molar-refractivity contribution in [3.05, 3.63) is 23.9 Å². The number of ether oxygens (including phenoxy) is 1. The number of methoxy groups -OCH3 is 1. The largest absolute Gasteiger partial charge is 0.468 e. The maximum Gasteiger partial charge on any atom is 0.323 e. The summed E-state index contributed by atoms with van der Waals surface area (Å²) in [6.07, 6.45) is 3.65. The Bertz CT molecular complexity index is 391. The van der Waals surface area contributed by atoms with E-state index in [1.807, 2.05) is 6.07 Å². The van der Waals surface area contributed by atoms with E-state index in [2.05, 4.69) is 9.88 Å². The van der Waals surface area contributed by atoms with Crippen LogP contribution >= 0.6 is 0 Å². The molecule has 2 heterocycles. The molecule has 0 saturated carbocycles. The van der Waals surface area contributed by atoms with Crippen LogP contribution in [-0.4, -0.2) is 35.5 Å². The van der Waals surface area contributed by atoms with Gasteiger partial charge in [-0.15, -0.1) is 0 Å². The number of aromatic nitrogens is 1. The lowest BCUT2D eigenvalue weighted by Gasteiger charge is -2.22. The van der Waals surface area contributed by atoms with E-state index in [-0.39, 0.29) is 12.0 Å². The summed E-state index contributed by atoms with van der Waals surface area (Å²) in [5, 5.41) is 0. The molecule has 17 heavy (non-hydrogen) atoms. The molecule has 2 N–H and O–H groups in total. The topological polar surface area (TPSA) is 68.5 Å². The third-order valence-corrected chi connectivity index (χ3v) is 3.07. The molecule has 0 aliphatic carbocycles. The number of anilines is 1. The quantitative estimate of drug-likeness (QED) is 0.785. The molecular weight excluding hydrogens is 218 g/mol. The Balaban J connectivity index is 2.02. The maximum absolute atomic E-state index is 11.6. The molecule has 1 aliphatic heterocycles. The molecule has 0 spiro atoms. The molecule has 1 saturated heterocycles.